The summed E-state index contributed by atoms with van der Waals surface area (Å²) in [5.74, 6) is 1.16. The van der Waals surface area contributed by atoms with Crippen molar-refractivity contribution in [2.45, 2.75) is 19.9 Å². The van der Waals surface area contributed by atoms with Crippen LogP contribution in [0.4, 0.5) is 0 Å². The lowest BCUT2D eigenvalue weighted by atomic mass is 10.1. The standard InChI is InChI=1S/C17H21N7/c1-3-20-11-14-22-15(16(23-14)17(18)19-2)12-5-7-13(8-6-12)24-10-4-9-21-24/h4-5,7-10,20H,2-3,6,11,18H2,1H3,(H,22,23)/b15-12+,17-16+. The van der Waals surface area contributed by atoms with E-state index in [4.69, 9.17) is 5.73 Å². The highest BCUT2D eigenvalue weighted by Gasteiger charge is 2.09. The molecule has 1 aliphatic carbocycles. The predicted octanol–water partition coefficient (Wildman–Crippen LogP) is 0.0924. The molecule has 3 rings (SSSR count). The van der Waals surface area contributed by atoms with Crippen LogP contribution in [0.1, 0.15) is 19.2 Å². The SMILES string of the molecule is C=N/C(N)=c1/nc(CNCC)[nH]/c1=C1\C=CC(n2cccn2)=CC1. The summed E-state index contributed by atoms with van der Waals surface area (Å²) in [7, 11) is 0. The topological polar surface area (TPSA) is 96.9 Å². The van der Waals surface area contributed by atoms with Crippen molar-refractivity contribution in [3.63, 3.8) is 0 Å². The second-order valence-electron chi connectivity index (χ2n) is 5.37. The van der Waals surface area contributed by atoms with Gasteiger partial charge >= 0.3 is 0 Å². The largest absolute Gasteiger partial charge is 0.382 e. The maximum atomic E-state index is 5.97. The van der Waals surface area contributed by atoms with Gasteiger partial charge in [-0.2, -0.15) is 5.10 Å². The van der Waals surface area contributed by atoms with Gasteiger partial charge in [-0.25, -0.2) is 14.7 Å². The van der Waals surface area contributed by atoms with E-state index in [1.165, 1.54) is 0 Å². The fourth-order valence-corrected chi connectivity index (χ4v) is 2.56. The molecule has 0 amide bonds. The van der Waals surface area contributed by atoms with Gasteiger partial charge in [0, 0.05) is 12.4 Å². The molecule has 0 spiro atoms. The molecule has 0 aromatic carbocycles. The zero-order chi connectivity index (χ0) is 16.9. The number of hydrogen-bond donors (Lipinski definition) is 3. The minimum atomic E-state index is 0.326. The van der Waals surface area contributed by atoms with E-state index >= 15 is 0 Å². The lowest BCUT2D eigenvalue weighted by Crippen LogP contribution is -2.31. The summed E-state index contributed by atoms with van der Waals surface area (Å²) in [6.45, 7) is 7.08. The minimum absolute atomic E-state index is 0.326. The smallest absolute Gasteiger partial charge is 0.150 e. The number of aromatic nitrogens is 4. The Morgan fingerprint density at radius 2 is 2.38 bits per heavy atom. The van der Waals surface area contributed by atoms with Crippen molar-refractivity contribution in [1.82, 2.24) is 25.1 Å². The van der Waals surface area contributed by atoms with Crippen LogP contribution in [-0.2, 0) is 6.54 Å². The Balaban J connectivity index is 2.03. The molecule has 0 fully saturated rings. The number of nitrogens with zero attached hydrogens (tertiary/aromatic N) is 4. The van der Waals surface area contributed by atoms with Crippen LogP contribution >= 0.6 is 0 Å². The molecular formula is C17H21N7. The lowest BCUT2D eigenvalue weighted by Gasteiger charge is -2.08. The highest BCUT2D eigenvalue weighted by molar-refractivity contribution is 5.72. The molecule has 2 heterocycles. The fraction of sp³-hybridized carbons (Fsp3) is 0.235. The molecule has 0 atom stereocenters. The third-order valence-electron chi connectivity index (χ3n) is 3.78. The van der Waals surface area contributed by atoms with E-state index < -0.39 is 0 Å². The van der Waals surface area contributed by atoms with E-state index in [0.29, 0.717) is 17.7 Å². The number of rotatable bonds is 5. The van der Waals surface area contributed by atoms with Gasteiger partial charge in [0.25, 0.3) is 0 Å². The van der Waals surface area contributed by atoms with Crippen LogP contribution in [0.2, 0.25) is 0 Å². The first kappa shape index (κ1) is 15.9. The average Bonchev–Trinajstić information content (AvgIpc) is 3.29. The molecule has 7 nitrogen and oxygen atoms in total. The monoisotopic (exact) mass is 323 g/mol. The molecule has 0 radical (unpaired) electrons. The van der Waals surface area contributed by atoms with Crippen molar-refractivity contribution < 1.29 is 0 Å². The molecule has 0 unspecified atom stereocenters. The normalized spacial score (nSPS) is 17.6. The van der Waals surface area contributed by atoms with E-state index in [1.807, 2.05) is 23.0 Å². The summed E-state index contributed by atoms with van der Waals surface area (Å²) in [4.78, 5) is 11.7. The van der Waals surface area contributed by atoms with Crippen LogP contribution < -0.4 is 21.7 Å². The average molecular weight is 323 g/mol. The van der Waals surface area contributed by atoms with Crippen LogP contribution in [0.15, 0.2) is 41.7 Å². The van der Waals surface area contributed by atoms with Gasteiger partial charge in [-0.1, -0.05) is 19.1 Å². The Bertz CT molecular complexity index is 897. The van der Waals surface area contributed by atoms with E-state index in [9.17, 15) is 0 Å². The van der Waals surface area contributed by atoms with Gasteiger partial charge in [0.15, 0.2) is 5.82 Å². The van der Waals surface area contributed by atoms with Crippen molar-refractivity contribution >= 4 is 23.8 Å². The van der Waals surface area contributed by atoms with E-state index in [1.54, 1.807) is 6.20 Å². The molecule has 0 saturated heterocycles. The van der Waals surface area contributed by atoms with Gasteiger partial charge < -0.3 is 16.0 Å². The third-order valence-corrected chi connectivity index (χ3v) is 3.78. The Morgan fingerprint density at radius 3 is 3.00 bits per heavy atom. The molecule has 1 aliphatic rings. The Labute approximate surface area is 140 Å². The lowest BCUT2D eigenvalue weighted by molar-refractivity contribution is 0.696. The first-order valence-corrected chi connectivity index (χ1v) is 7.86. The van der Waals surface area contributed by atoms with Gasteiger partial charge in [0.1, 0.15) is 11.2 Å². The van der Waals surface area contributed by atoms with E-state index in [0.717, 1.165) is 35.4 Å². The van der Waals surface area contributed by atoms with Crippen LogP contribution in [0, 0.1) is 0 Å². The zero-order valence-corrected chi connectivity index (χ0v) is 13.7. The molecule has 2 aromatic heterocycles. The summed E-state index contributed by atoms with van der Waals surface area (Å²) in [5, 5.41) is 9.03. The third kappa shape index (κ3) is 3.21. The van der Waals surface area contributed by atoms with Gasteiger partial charge in [-0.15, -0.1) is 0 Å². The van der Waals surface area contributed by atoms with Crippen LogP contribution in [0.3, 0.4) is 0 Å². The number of hydrogen-bond acceptors (Lipinski definition) is 5. The first-order valence-electron chi connectivity index (χ1n) is 7.86. The van der Waals surface area contributed by atoms with Crippen LogP contribution in [0.25, 0.3) is 17.1 Å². The summed E-state index contributed by atoms with van der Waals surface area (Å²) in [6.07, 6.45) is 10.6. The molecular weight excluding hydrogens is 302 g/mol. The zero-order valence-electron chi connectivity index (χ0n) is 13.7. The quantitative estimate of drug-likeness (QED) is 0.680. The number of imidazole rings is 1. The van der Waals surface area contributed by atoms with E-state index in [2.05, 4.69) is 51.2 Å². The molecule has 0 saturated carbocycles. The molecule has 124 valence electrons. The second kappa shape index (κ2) is 7.10. The van der Waals surface area contributed by atoms with Gasteiger partial charge in [0.05, 0.1) is 17.6 Å². The maximum absolute atomic E-state index is 5.97. The minimum Gasteiger partial charge on any atom is -0.382 e. The molecule has 24 heavy (non-hydrogen) atoms. The number of allylic oxidation sites excluding steroid dienone is 4. The number of nitrogens with one attached hydrogen (secondary N) is 2. The summed E-state index contributed by atoms with van der Waals surface area (Å²) >= 11 is 0. The fourth-order valence-electron chi connectivity index (χ4n) is 2.56. The van der Waals surface area contributed by atoms with Crippen molar-refractivity contribution in [3.05, 3.63) is 53.2 Å². The van der Waals surface area contributed by atoms with Gasteiger partial charge in [0.2, 0.25) is 0 Å². The molecule has 0 bridgehead atoms. The van der Waals surface area contributed by atoms with Crippen molar-refractivity contribution in [1.29, 1.82) is 0 Å². The number of aliphatic imine (C=N–C) groups is 1. The second-order valence-corrected chi connectivity index (χ2v) is 5.37. The number of H-pyrrole nitrogens is 1. The summed E-state index contributed by atoms with van der Waals surface area (Å²) in [6, 6.07) is 1.90. The predicted molar refractivity (Wildman–Crippen MR) is 96.0 cm³/mol. The Morgan fingerprint density at radius 1 is 1.50 bits per heavy atom. The highest BCUT2D eigenvalue weighted by Crippen LogP contribution is 2.17. The summed E-state index contributed by atoms with van der Waals surface area (Å²) < 4.78 is 1.84. The van der Waals surface area contributed by atoms with E-state index in [-0.39, 0.29) is 0 Å². The van der Waals surface area contributed by atoms with Crippen LogP contribution in [-0.4, -0.2) is 33.0 Å². The molecule has 7 heteroatoms. The highest BCUT2D eigenvalue weighted by atomic mass is 15.3. The van der Waals surface area contributed by atoms with Crippen molar-refractivity contribution in [2.24, 2.45) is 10.7 Å². The number of nitrogens with two attached hydrogens (primary N) is 1. The molecule has 4 N–H and O–H groups in total. The van der Waals surface area contributed by atoms with Gasteiger partial charge in [-0.05, 0) is 37.4 Å². The number of aromatic amines is 1. The Kier molecular flexibility index (Phi) is 4.72. The van der Waals surface area contributed by atoms with Crippen molar-refractivity contribution in [3.8, 4) is 0 Å². The molecule has 2 aromatic rings. The molecule has 0 aliphatic heterocycles. The maximum Gasteiger partial charge on any atom is 0.150 e. The van der Waals surface area contributed by atoms with Gasteiger partial charge in [-0.3, -0.25) is 0 Å². The first-order chi connectivity index (χ1) is 11.7. The van der Waals surface area contributed by atoms with Crippen LogP contribution in [0.5, 0.6) is 0 Å². The Hall–Kier alpha value is -2.93. The van der Waals surface area contributed by atoms with Crippen molar-refractivity contribution in [2.75, 3.05) is 6.54 Å². The summed E-state index contributed by atoms with van der Waals surface area (Å²) in [5.41, 5.74) is 8.10.